The van der Waals surface area contributed by atoms with E-state index in [4.69, 9.17) is 9.47 Å². The Morgan fingerprint density at radius 3 is 2.62 bits per heavy atom. The van der Waals surface area contributed by atoms with Crippen LogP contribution in [0, 0.1) is 0 Å². The minimum absolute atomic E-state index is 0.0491. The highest BCUT2D eigenvalue weighted by molar-refractivity contribution is 7.11. The fourth-order valence-electron chi connectivity index (χ4n) is 3.61. The molecule has 0 saturated carbocycles. The molecule has 32 heavy (non-hydrogen) atoms. The van der Waals surface area contributed by atoms with Crippen molar-refractivity contribution in [2.75, 3.05) is 6.61 Å². The largest absolute Gasteiger partial charge is 0.491 e. The maximum absolute atomic E-state index is 13.5. The molecule has 0 bridgehead atoms. The van der Waals surface area contributed by atoms with Gasteiger partial charge in [-0.2, -0.15) is 0 Å². The number of hydrogen-bond acceptors (Lipinski definition) is 7. The average molecular weight is 469 g/mol. The minimum atomic E-state index is -0.621. The van der Waals surface area contributed by atoms with Crippen LogP contribution in [-0.2, 0) is 9.53 Å². The Hall–Kier alpha value is -2.97. The summed E-state index contributed by atoms with van der Waals surface area (Å²) in [5.74, 6) is 0.265. The van der Waals surface area contributed by atoms with Crippen LogP contribution in [0.4, 0.5) is 0 Å². The van der Waals surface area contributed by atoms with E-state index in [-0.39, 0.29) is 18.3 Å². The lowest BCUT2D eigenvalue weighted by Gasteiger charge is -2.25. The number of thiazole rings is 1. The first-order valence-corrected chi connectivity index (χ1v) is 12.1. The smallest absolute Gasteiger partial charge is 0.338 e. The summed E-state index contributed by atoms with van der Waals surface area (Å²) in [4.78, 5) is 32.5. The topological polar surface area (TPSA) is 69.9 Å². The number of hydrogen-bond donors (Lipinski definition) is 0. The number of allylic oxidation sites excluding steroid dienone is 1. The van der Waals surface area contributed by atoms with Crippen molar-refractivity contribution >= 4 is 34.7 Å². The van der Waals surface area contributed by atoms with Gasteiger partial charge in [0.2, 0.25) is 0 Å². The van der Waals surface area contributed by atoms with Crippen molar-refractivity contribution in [3.05, 3.63) is 83.2 Å². The molecule has 166 valence electrons. The van der Waals surface area contributed by atoms with Crippen molar-refractivity contribution < 1.29 is 14.3 Å². The van der Waals surface area contributed by atoms with Crippen LogP contribution in [0.2, 0.25) is 0 Å². The van der Waals surface area contributed by atoms with E-state index in [1.807, 2.05) is 61.7 Å². The van der Waals surface area contributed by atoms with Crippen molar-refractivity contribution in [2.24, 2.45) is 4.99 Å². The molecule has 8 heteroatoms. The van der Waals surface area contributed by atoms with E-state index in [1.165, 1.54) is 11.3 Å². The summed E-state index contributed by atoms with van der Waals surface area (Å²) in [5.41, 5.74) is 1.55. The number of aromatic nitrogens is 1. The molecule has 1 atom stereocenters. The van der Waals surface area contributed by atoms with Gasteiger partial charge in [-0.15, -0.1) is 11.3 Å². The summed E-state index contributed by atoms with van der Waals surface area (Å²) < 4.78 is 13.3. The van der Waals surface area contributed by atoms with Gasteiger partial charge in [0.05, 0.1) is 34.6 Å². The third kappa shape index (κ3) is 4.33. The Labute approximate surface area is 193 Å². The Morgan fingerprint density at radius 2 is 2.00 bits per heavy atom. The SMILES string of the molecule is CCOC(=O)C1=C(C)N=c2sc(=Cc3cccs3)c(=O)n2C1c1ccc(OC(C)C)cc1. The zero-order valence-electron chi connectivity index (χ0n) is 18.3. The zero-order chi connectivity index (χ0) is 22.8. The lowest BCUT2D eigenvalue weighted by Crippen LogP contribution is -2.39. The Balaban J connectivity index is 1.89. The van der Waals surface area contributed by atoms with Crippen molar-refractivity contribution in [3.8, 4) is 5.75 Å². The van der Waals surface area contributed by atoms with Crippen molar-refractivity contribution in [2.45, 2.75) is 39.8 Å². The second-order valence-electron chi connectivity index (χ2n) is 7.55. The van der Waals surface area contributed by atoms with Gasteiger partial charge in [0, 0.05) is 4.88 Å². The molecule has 2 aromatic heterocycles. The van der Waals surface area contributed by atoms with Gasteiger partial charge in [0.25, 0.3) is 5.56 Å². The molecular weight excluding hydrogens is 444 g/mol. The van der Waals surface area contributed by atoms with E-state index >= 15 is 0 Å². The zero-order valence-corrected chi connectivity index (χ0v) is 20.0. The summed E-state index contributed by atoms with van der Waals surface area (Å²) in [7, 11) is 0. The second-order valence-corrected chi connectivity index (χ2v) is 9.54. The fourth-order valence-corrected chi connectivity index (χ4v) is 5.38. The highest BCUT2D eigenvalue weighted by atomic mass is 32.1. The normalized spacial score (nSPS) is 16.2. The van der Waals surface area contributed by atoms with E-state index in [1.54, 1.807) is 29.8 Å². The fraction of sp³-hybridized carbons (Fsp3) is 0.292. The van der Waals surface area contributed by atoms with Gasteiger partial charge in [-0.1, -0.05) is 29.5 Å². The summed E-state index contributed by atoms with van der Waals surface area (Å²) in [6, 6.07) is 10.8. The quantitative estimate of drug-likeness (QED) is 0.518. The number of esters is 1. The predicted molar refractivity (Wildman–Crippen MR) is 127 cm³/mol. The third-order valence-corrected chi connectivity index (χ3v) is 6.70. The molecule has 1 aliphatic heterocycles. The van der Waals surface area contributed by atoms with Crippen LogP contribution in [0.15, 0.2) is 62.8 Å². The number of thiophene rings is 1. The summed E-state index contributed by atoms with van der Waals surface area (Å²) in [6.07, 6.45) is 1.92. The van der Waals surface area contributed by atoms with Gasteiger partial charge in [-0.3, -0.25) is 9.36 Å². The molecule has 1 unspecified atom stereocenters. The molecule has 0 saturated heterocycles. The van der Waals surface area contributed by atoms with Gasteiger partial charge >= 0.3 is 5.97 Å². The van der Waals surface area contributed by atoms with E-state index in [0.717, 1.165) is 16.2 Å². The Kier molecular flexibility index (Phi) is 6.43. The molecule has 1 aromatic carbocycles. The molecule has 0 amide bonds. The first-order chi connectivity index (χ1) is 15.4. The number of rotatable bonds is 6. The van der Waals surface area contributed by atoms with E-state index < -0.39 is 12.0 Å². The van der Waals surface area contributed by atoms with Gasteiger partial charge < -0.3 is 9.47 Å². The molecule has 0 radical (unpaired) electrons. The van der Waals surface area contributed by atoms with E-state index in [2.05, 4.69) is 4.99 Å². The minimum Gasteiger partial charge on any atom is -0.491 e. The van der Waals surface area contributed by atoms with E-state index in [9.17, 15) is 9.59 Å². The lowest BCUT2D eigenvalue weighted by molar-refractivity contribution is -0.139. The Morgan fingerprint density at radius 1 is 1.25 bits per heavy atom. The maximum Gasteiger partial charge on any atom is 0.338 e. The number of carbonyl (C=O) groups is 1. The number of carbonyl (C=O) groups excluding carboxylic acids is 1. The van der Waals surface area contributed by atoms with Crippen LogP contribution >= 0.6 is 22.7 Å². The molecule has 0 spiro atoms. The number of ether oxygens (including phenoxy) is 2. The van der Waals surface area contributed by atoms with Crippen LogP contribution in [0.3, 0.4) is 0 Å². The van der Waals surface area contributed by atoms with Gasteiger partial charge in [0.1, 0.15) is 5.75 Å². The van der Waals surface area contributed by atoms with Crippen LogP contribution in [0.5, 0.6) is 5.75 Å². The van der Waals surface area contributed by atoms with Crippen LogP contribution in [0.25, 0.3) is 6.08 Å². The summed E-state index contributed by atoms with van der Waals surface area (Å²) >= 11 is 2.89. The number of nitrogens with zero attached hydrogens (tertiary/aromatic N) is 2. The lowest BCUT2D eigenvalue weighted by atomic mass is 9.96. The molecular formula is C24H24N2O4S2. The monoisotopic (exact) mass is 468 g/mol. The van der Waals surface area contributed by atoms with Gasteiger partial charge in [0.15, 0.2) is 4.80 Å². The molecule has 1 aliphatic rings. The van der Waals surface area contributed by atoms with Crippen LogP contribution in [-0.4, -0.2) is 23.2 Å². The summed E-state index contributed by atoms with van der Waals surface area (Å²) in [5, 5.41) is 1.97. The maximum atomic E-state index is 13.5. The van der Waals surface area contributed by atoms with E-state index in [0.29, 0.717) is 20.6 Å². The highest BCUT2D eigenvalue weighted by Gasteiger charge is 2.33. The first-order valence-electron chi connectivity index (χ1n) is 10.4. The van der Waals surface area contributed by atoms with Gasteiger partial charge in [-0.25, -0.2) is 9.79 Å². The second kappa shape index (κ2) is 9.26. The van der Waals surface area contributed by atoms with Crippen molar-refractivity contribution in [1.29, 1.82) is 0 Å². The molecule has 3 heterocycles. The van der Waals surface area contributed by atoms with Crippen molar-refractivity contribution in [3.63, 3.8) is 0 Å². The van der Waals surface area contributed by atoms with Gasteiger partial charge in [-0.05, 0) is 62.9 Å². The Bertz CT molecular complexity index is 1330. The predicted octanol–water partition coefficient (Wildman–Crippen LogP) is 3.65. The standard InChI is InChI=1S/C24H24N2O4S2/c1-5-29-23(28)20-15(4)25-24-26(22(27)19(32-24)13-18-7-6-12-31-18)21(20)16-8-10-17(11-9-16)30-14(2)3/h6-14,21H,5H2,1-4H3. The summed E-state index contributed by atoms with van der Waals surface area (Å²) in [6.45, 7) is 7.71. The molecule has 6 nitrogen and oxygen atoms in total. The number of fused-ring (bicyclic) bond motifs is 1. The van der Waals surface area contributed by atoms with Crippen LogP contribution < -0.4 is 19.6 Å². The molecule has 0 aliphatic carbocycles. The third-order valence-electron chi connectivity index (χ3n) is 4.90. The molecule has 3 aromatic rings. The highest BCUT2D eigenvalue weighted by Crippen LogP contribution is 2.31. The van der Waals surface area contributed by atoms with Crippen molar-refractivity contribution in [1.82, 2.24) is 4.57 Å². The molecule has 0 N–H and O–H groups in total. The average Bonchev–Trinajstić information content (AvgIpc) is 3.36. The number of benzene rings is 1. The molecule has 0 fully saturated rings. The van der Waals surface area contributed by atoms with Crippen LogP contribution in [0.1, 0.15) is 44.2 Å². The first kappa shape index (κ1) is 22.2. The molecule has 4 rings (SSSR count).